The average Bonchev–Trinajstić information content (AvgIpc) is 2.96. The van der Waals surface area contributed by atoms with Crippen LogP contribution in [0.2, 0.25) is 0 Å². The summed E-state index contributed by atoms with van der Waals surface area (Å²) in [5, 5.41) is 10.0. The molecule has 3 aromatic rings. The normalized spacial score (nSPS) is 10.7. The molecule has 0 bridgehead atoms. The van der Waals surface area contributed by atoms with Crippen molar-refractivity contribution >= 4 is 39.1 Å². The molecular formula is C15H15BrN6O. The quantitative estimate of drug-likeness (QED) is 0.732. The molecule has 0 saturated carbocycles. The minimum Gasteiger partial charge on any atom is -0.361 e. The molecule has 118 valence electrons. The number of aryl methyl sites for hydroxylation is 2. The minimum atomic E-state index is -0.141. The summed E-state index contributed by atoms with van der Waals surface area (Å²) in [5.41, 5.74) is 2.58. The van der Waals surface area contributed by atoms with Gasteiger partial charge >= 0.3 is 0 Å². The summed E-state index contributed by atoms with van der Waals surface area (Å²) in [6.45, 7) is 3.93. The van der Waals surface area contributed by atoms with Gasteiger partial charge in [-0.2, -0.15) is 14.6 Å². The molecule has 0 atom stereocenters. The van der Waals surface area contributed by atoms with Crippen molar-refractivity contribution in [2.45, 2.75) is 13.8 Å². The van der Waals surface area contributed by atoms with Gasteiger partial charge in [0, 0.05) is 21.9 Å². The first-order chi connectivity index (χ1) is 11.0. The highest BCUT2D eigenvalue weighted by Crippen LogP contribution is 2.20. The lowest BCUT2D eigenvalue weighted by molar-refractivity contribution is -0.114. The average molecular weight is 375 g/mol. The molecule has 0 saturated heterocycles. The number of rotatable bonds is 4. The van der Waals surface area contributed by atoms with E-state index in [1.54, 1.807) is 4.52 Å². The first kappa shape index (κ1) is 15.4. The van der Waals surface area contributed by atoms with Gasteiger partial charge in [-0.15, -0.1) is 0 Å². The number of anilines is 2. The smallest absolute Gasteiger partial charge is 0.254 e. The van der Waals surface area contributed by atoms with Crippen LogP contribution in [0.15, 0.2) is 35.1 Å². The fourth-order valence-electron chi connectivity index (χ4n) is 2.19. The number of amides is 1. The van der Waals surface area contributed by atoms with E-state index in [9.17, 15) is 4.79 Å². The molecular weight excluding hydrogens is 360 g/mol. The SMILES string of the molecule is Cc1cc(NCC(=O)Nc2ccc(Br)cc2C)n2ncnc2n1. The molecule has 0 aliphatic heterocycles. The highest BCUT2D eigenvalue weighted by Gasteiger charge is 2.08. The molecule has 7 nitrogen and oxygen atoms in total. The monoisotopic (exact) mass is 374 g/mol. The molecule has 0 aliphatic rings. The zero-order valence-corrected chi connectivity index (χ0v) is 14.3. The number of fused-ring (bicyclic) bond motifs is 1. The van der Waals surface area contributed by atoms with Gasteiger partial charge in [0.2, 0.25) is 5.91 Å². The molecule has 0 aliphatic carbocycles. The van der Waals surface area contributed by atoms with Crippen molar-refractivity contribution in [3.05, 3.63) is 46.3 Å². The van der Waals surface area contributed by atoms with Crippen molar-refractivity contribution in [2.75, 3.05) is 17.2 Å². The predicted molar refractivity (Wildman–Crippen MR) is 91.5 cm³/mol. The van der Waals surface area contributed by atoms with Crippen molar-refractivity contribution in [1.29, 1.82) is 0 Å². The van der Waals surface area contributed by atoms with Crippen LogP contribution in [0.3, 0.4) is 0 Å². The van der Waals surface area contributed by atoms with Crippen molar-refractivity contribution in [3.63, 3.8) is 0 Å². The number of carbonyl (C=O) groups is 1. The Morgan fingerprint density at radius 1 is 1.30 bits per heavy atom. The van der Waals surface area contributed by atoms with Crippen LogP contribution in [-0.2, 0) is 4.79 Å². The Kier molecular flexibility index (Phi) is 4.24. The van der Waals surface area contributed by atoms with Gasteiger partial charge in [-0.1, -0.05) is 15.9 Å². The number of carbonyl (C=O) groups excluding carboxylic acids is 1. The lowest BCUT2D eigenvalue weighted by Crippen LogP contribution is -2.23. The Morgan fingerprint density at radius 3 is 2.91 bits per heavy atom. The van der Waals surface area contributed by atoms with Gasteiger partial charge in [-0.05, 0) is 37.6 Å². The van der Waals surface area contributed by atoms with Crippen LogP contribution >= 0.6 is 15.9 Å². The number of benzene rings is 1. The van der Waals surface area contributed by atoms with Crippen LogP contribution in [0.4, 0.5) is 11.5 Å². The fourth-order valence-corrected chi connectivity index (χ4v) is 2.66. The third-order valence-electron chi connectivity index (χ3n) is 3.27. The highest BCUT2D eigenvalue weighted by atomic mass is 79.9. The van der Waals surface area contributed by atoms with Crippen molar-refractivity contribution in [3.8, 4) is 0 Å². The first-order valence-electron chi connectivity index (χ1n) is 7.00. The van der Waals surface area contributed by atoms with E-state index in [1.165, 1.54) is 6.33 Å². The molecule has 0 radical (unpaired) electrons. The second-order valence-corrected chi connectivity index (χ2v) is 6.03. The standard InChI is InChI=1S/C15H15BrN6O/c1-9-5-11(16)3-4-12(9)21-14(23)7-17-13-6-10(2)20-15-18-8-19-22(13)15/h3-6,8,17H,7H2,1-2H3,(H,21,23). The summed E-state index contributed by atoms with van der Waals surface area (Å²) in [6, 6.07) is 7.53. The van der Waals surface area contributed by atoms with E-state index < -0.39 is 0 Å². The minimum absolute atomic E-state index is 0.119. The van der Waals surface area contributed by atoms with Gasteiger partial charge in [-0.25, -0.2) is 4.98 Å². The summed E-state index contributed by atoms with van der Waals surface area (Å²) >= 11 is 3.40. The Balaban J connectivity index is 1.69. The summed E-state index contributed by atoms with van der Waals surface area (Å²) < 4.78 is 2.54. The van der Waals surface area contributed by atoms with Gasteiger partial charge < -0.3 is 10.6 Å². The molecule has 0 spiro atoms. The van der Waals surface area contributed by atoms with Gasteiger partial charge in [0.05, 0.1) is 6.54 Å². The molecule has 3 rings (SSSR count). The molecule has 8 heteroatoms. The Bertz CT molecular complexity index is 876. The molecule has 0 fully saturated rings. The van der Waals surface area contributed by atoms with Gasteiger partial charge in [0.15, 0.2) is 0 Å². The molecule has 2 N–H and O–H groups in total. The second-order valence-electron chi connectivity index (χ2n) is 5.12. The van der Waals surface area contributed by atoms with Crippen LogP contribution in [-0.4, -0.2) is 32.0 Å². The molecule has 1 aromatic carbocycles. The number of nitrogens with one attached hydrogen (secondary N) is 2. The van der Waals surface area contributed by atoms with E-state index in [4.69, 9.17) is 0 Å². The fraction of sp³-hybridized carbons (Fsp3) is 0.200. The van der Waals surface area contributed by atoms with Crippen LogP contribution < -0.4 is 10.6 Å². The topological polar surface area (TPSA) is 84.2 Å². The number of nitrogens with zero attached hydrogens (tertiary/aromatic N) is 4. The van der Waals surface area contributed by atoms with Crippen LogP contribution in [0.5, 0.6) is 0 Å². The number of aromatic nitrogens is 4. The molecule has 23 heavy (non-hydrogen) atoms. The van der Waals surface area contributed by atoms with Crippen molar-refractivity contribution in [1.82, 2.24) is 19.6 Å². The van der Waals surface area contributed by atoms with Crippen LogP contribution in [0.1, 0.15) is 11.3 Å². The van der Waals surface area contributed by atoms with Gasteiger partial charge in [-0.3, -0.25) is 4.79 Å². The summed E-state index contributed by atoms with van der Waals surface area (Å²) in [5.74, 6) is 1.03. The Labute approximate surface area is 141 Å². The van der Waals surface area contributed by atoms with Crippen molar-refractivity contribution < 1.29 is 4.79 Å². The van der Waals surface area contributed by atoms with E-state index in [2.05, 4.69) is 41.6 Å². The third-order valence-corrected chi connectivity index (χ3v) is 3.77. The zero-order valence-electron chi connectivity index (χ0n) is 12.7. The molecule has 0 unspecified atom stereocenters. The maximum absolute atomic E-state index is 12.1. The van der Waals surface area contributed by atoms with Crippen LogP contribution in [0.25, 0.3) is 5.78 Å². The summed E-state index contributed by atoms with van der Waals surface area (Å²) in [6.07, 6.45) is 1.43. The number of hydrogen-bond acceptors (Lipinski definition) is 5. The van der Waals surface area contributed by atoms with Crippen LogP contribution in [0, 0.1) is 13.8 Å². The second kappa shape index (κ2) is 6.33. The molecule has 1 amide bonds. The van der Waals surface area contributed by atoms with Crippen molar-refractivity contribution in [2.24, 2.45) is 0 Å². The number of hydrogen-bond donors (Lipinski definition) is 2. The van der Waals surface area contributed by atoms with E-state index in [0.717, 1.165) is 21.4 Å². The highest BCUT2D eigenvalue weighted by molar-refractivity contribution is 9.10. The number of halogens is 1. The molecule has 2 heterocycles. The lowest BCUT2D eigenvalue weighted by atomic mass is 10.2. The molecule has 2 aromatic heterocycles. The zero-order chi connectivity index (χ0) is 16.4. The van der Waals surface area contributed by atoms with E-state index in [1.807, 2.05) is 38.1 Å². The lowest BCUT2D eigenvalue weighted by Gasteiger charge is -2.11. The maximum Gasteiger partial charge on any atom is 0.254 e. The predicted octanol–water partition coefficient (Wildman–Crippen LogP) is 2.55. The first-order valence-corrected chi connectivity index (χ1v) is 7.79. The van der Waals surface area contributed by atoms with E-state index in [0.29, 0.717) is 11.6 Å². The van der Waals surface area contributed by atoms with Gasteiger partial charge in [0.1, 0.15) is 12.1 Å². The summed E-state index contributed by atoms with van der Waals surface area (Å²) in [7, 11) is 0. The third kappa shape index (κ3) is 3.48. The van der Waals surface area contributed by atoms with E-state index >= 15 is 0 Å². The largest absolute Gasteiger partial charge is 0.361 e. The Hall–Kier alpha value is -2.48. The maximum atomic E-state index is 12.1. The summed E-state index contributed by atoms with van der Waals surface area (Å²) in [4.78, 5) is 20.4. The Morgan fingerprint density at radius 2 is 2.13 bits per heavy atom. The van der Waals surface area contributed by atoms with Gasteiger partial charge in [0.25, 0.3) is 5.78 Å². The van der Waals surface area contributed by atoms with E-state index in [-0.39, 0.29) is 12.5 Å².